The lowest BCUT2D eigenvalue weighted by Gasteiger charge is -2.04. The predicted molar refractivity (Wildman–Crippen MR) is 106 cm³/mol. The number of fused-ring (bicyclic) bond motifs is 1. The SMILES string of the molecule is COc1ccc(N=Cc2cn(Cc3ccccc3)c3ncccc23)cc1. The summed E-state index contributed by atoms with van der Waals surface area (Å²) in [6.07, 6.45) is 5.83. The zero-order valence-electron chi connectivity index (χ0n) is 14.5. The average Bonchev–Trinajstić information content (AvgIpc) is 3.05. The number of benzene rings is 2. The van der Waals surface area contributed by atoms with Gasteiger partial charge in [-0.25, -0.2) is 4.98 Å². The van der Waals surface area contributed by atoms with E-state index in [1.807, 2.05) is 48.8 Å². The van der Waals surface area contributed by atoms with Gasteiger partial charge < -0.3 is 9.30 Å². The number of methoxy groups -OCH3 is 1. The summed E-state index contributed by atoms with van der Waals surface area (Å²) in [5, 5.41) is 1.10. The highest BCUT2D eigenvalue weighted by Crippen LogP contribution is 2.21. The van der Waals surface area contributed by atoms with Crippen LogP contribution in [0, 0.1) is 0 Å². The topological polar surface area (TPSA) is 39.4 Å². The molecule has 0 radical (unpaired) electrons. The number of hydrogen-bond donors (Lipinski definition) is 0. The van der Waals surface area contributed by atoms with Gasteiger partial charge in [0.1, 0.15) is 11.4 Å². The summed E-state index contributed by atoms with van der Waals surface area (Å²) in [6, 6.07) is 22.1. The Bertz CT molecular complexity index is 1030. The van der Waals surface area contributed by atoms with Crippen LogP contribution in [0.4, 0.5) is 5.69 Å². The van der Waals surface area contributed by atoms with Gasteiger partial charge in [0.15, 0.2) is 0 Å². The summed E-state index contributed by atoms with van der Waals surface area (Å²) in [5.74, 6) is 0.826. The molecule has 4 heteroatoms. The maximum atomic E-state index is 5.19. The second-order valence-corrected chi connectivity index (χ2v) is 6.03. The van der Waals surface area contributed by atoms with E-state index in [9.17, 15) is 0 Å². The van der Waals surface area contributed by atoms with Crippen LogP contribution in [0.15, 0.2) is 84.1 Å². The third-order valence-corrected chi connectivity index (χ3v) is 4.29. The molecule has 0 fully saturated rings. The van der Waals surface area contributed by atoms with Crippen molar-refractivity contribution in [2.24, 2.45) is 4.99 Å². The molecule has 0 N–H and O–H groups in total. The van der Waals surface area contributed by atoms with Crippen molar-refractivity contribution in [1.29, 1.82) is 0 Å². The van der Waals surface area contributed by atoms with E-state index >= 15 is 0 Å². The highest BCUT2D eigenvalue weighted by molar-refractivity contribution is 5.98. The van der Waals surface area contributed by atoms with Gasteiger partial charge in [-0.3, -0.25) is 4.99 Å². The second kappa shape index (κ2) is 7.23. The standard InChI is InChI=1S/C22H19N3O/c1-26-20-11-9-19(10-12-20)24-14-18-16-25(15-17-6-3-2-4-7-17)22-21(18)8-5-13-23-22/h2-14,16H,15H2,1H3. The number of hydrogen-bond acceptors (Lipinski definition) is 3. The van der Waals surface area contributed by atoms with Crippen molar-refractivity contribution in [3.8, 4) is 5.75 Å². The number of aliphatic imine (C=N–C) groups is 1. The summed E-state index contributed by atoms with van der Waals surface area (Å²) in [7, 11) is 1.66. The summed E-state index contributed by atoms with van der Waals surface area (Å²) >= 11 is 0. The molecule has 0 spiro atoms. The first-order valence-corrected chi connectivity index (χ1v) is 8.49. The quantitative estimate of drug-likeness (QED) is 0.487. The number of ether oxygens (including phenoxy) is 1. The molecule has 0 bridgehead atoms. The fourth-order valence-corrected chi connectivity index (χ4v) is 2.97. The van der Waals surface area contributed by atoms with Crippen LogP contribution in [0.1, 0.15) is 11.1 Å². The highest BCUT2D eigenvalue weighted by Gasteiger charge is 2.08. The van der Waals surface area contributed by atoms with E-state index in [2.05, 4.69) is 51.1 Å². The summed E-state index contributed by atoms with van der Waals surface area (Å²) in [6.45, 7) is 0.782. The summed E-state index contributed by atoms with van der Waals surface area (Å²) < 4.78 is 7.35. The van der Waals surface area contributed by atoms with Gasteiger partial charge in [0, 0.05) is 36.1 Å². The molecule has 26 heavy (non-hydrogen) atoms. The van der Waals surface area contributed by atoms with E-state index in [0.29, 0.717) is 0 Å². The molecule has 4 rings (SSSR count). The number of pyridine rings is 1. The highest BCUT2D eigenvalue weighted by atomic mass is 16.5. The van der Waals surface area contributed by atoms with E-state index in [4.69, 9.17) is 4.74 Å². The van der Waals surface area contributed by atoms with Crippen molar-refractivity contribution in [1.82, 2.24) is 9.55 Å². The van der Waals surface area contributed by atoms with E-state index in [-0.39, 0.29) is 0 Å². The molecule has 2 aromatic carbocycles. The van der Waals surface area contributed by atoms with E-state index in [0.717, 1.165) is 34.6 Å². The van der Waals surface area contributed by atoms with Crippen LogP contribution in [0.2, 0.25) is 0 Å². The zero-order chi connectivity index (χ0) is 17.8. The molecule has 0 unspecified atom stereocenters. The number of rotatable bonds is 5. The second-order valence-electron chi connectivity index (χ2n) is 6.03. The van der Waals surface area contributed by atoms with Gasteiger partial charge in [-0.2, -0.15) is 0 Å². The molecule has 2 heterocycles. The van der Waals surface area contributed by atoms with Crippen LogP contribution in [-0.2, 0) is 6.54 Å². The van der Waals surface area contributed by atoms with E-state index in [1.165, 1.54) is 5.56 Å². The van der Waals surface area contributed by atoms with Crippen molar-refractivity contribution < 1.29 is 4.74 Å². The van der Waals surface area contributed by atoms with Crippen molar-refractivity contribution >= 4 is 22.9 Å². The van der Waals surface area contributed by atoms with Crippen molar-refractivity contribution in [2.75, 3.05) is 7.11 Å². The monoisotopic (exact) mass is 341 g/mol. The van der Waals surface area contributed by atoms with Crippen LogP contribution >= 0.6 is 0 Å². The number of nitrogens with zero attached hydrogens (tertiary/aromatic N) is 3. The van der Waals surface area contributed by atoms with Crippen LogP contribution in [0.25, 0.3) is 11.0 Å². The number of aromatic nitrogens is 2. The Kier molecular flexibility index (Phi) is 4.48. The summed E-state index contributed by atoms with van der Waals surface area (Å²) in [4.78, 5) is 9.16. The van der Waals surface area contributed by atoms with Crippen LogP contribution < -0.4 is 4.74 Å². The lowest BCUT2D eigenvalue weighted by atomic mass is 10.2. The molecule has 0 aliphatic rings. The Morgan fingerprint density at radius 3 is 2.58 bits per heavy atom. The first kappa shape index (κ1) is 16.1. The molecular weight excluding hydrogens is 322 g/mol. The molecular formula is C22H19N3O. The molecule has 0 saturated carbocycles. The van der Waals surface area contributed by atoms with Gasteiger partial charge in [0.05, 0.1) is 12.8 Å². The molecule has 2 aromatic heterocycles. The molecule has 0 aliphatic heterocycles. The fraction of sp³-hybridized carbons (Fsp3) is 0.0909. The predicted octanol–water partition coefficient (Wildman–Crippen LogP) is 4.84. The van der Waals surface area contributed by atoms with Crippen LogP contribution in [-0.4, -0.2) is 22.9 Å². The molecule has 128 valence electrons. The largest absolute Gasteiger partial charge is 0.497 e. The van der Waals surface area contributed by atoms with Gasteiger partial charge >= 0.3 is 0 Å². The van der Waals surface area contributed by atoms with Gasteiger partial charge in [-0.1, -0.05) is 30.3 Å². The summed E-state index contributed by atoms with van der Waals surface area (Å²) in [5.41, 5.74) is 4.15. The van der Waals surface area contributed by atoms with E-state index in [1.54, 1.807) is 7.11 Å². The molecule has 4 nitrogen and oxygen atoms in total. The van der Waals surface area contributed by atoms with Crippen molar-refractivity contribution in [3.63, 3.8) is 0 Å². The maximum Gasteiger partial charge on any atom is 0.140 e. The molecule has 4 aromatic rings. The first-order valence-electron chi connectivity index (χ1n) is 8.49. The maximum absolute atomic E-state index is 5.19. The smallest absolute Gasteiger partial charge is 0.140 e. The first-order chi connectivity index (χ1) is 12.8. The Labute approximate surface area is 152 Å². The fourth-order valence-electron chi connectivity index (χ4n) is 2.97. The lowest BCUT2D eigenvalue weighted by Crippen LogP contribution is -1.98. The van der Waals surface area contributed by atoms with Gasteiger partial charge in [-0.15, -0.1) is 0 Å². The van der Waals surface area contributed by atoms with Crippen LogP contribution in [0.3, 0.4) is 0 Å². The lowest BCUT2D eigenvalue weighted by molar-refractivity contribution is 0.415. The molecule has 0 amide bonds. The van der Waals surface area contributed by atoms with E-state index < -0.39 is 0 Å². The third-order valence-electron chi connectivity index (χ3n) is 4.29. The van der Waals surface area contributed by atoms with Gasteiger partial charge in [0.25, 0.3) is 0 Å². The minimum absolute atomic E-state index is 0.782. The molecule has 0 atom stereocenters. The molecule has 0 aliphatic carbocycles. The average molecular weight is 341 g/mol. The zero-order valence-corrected chi connectivity index (χ0v) is 14.5. The minimum atomic E-state index is 0.782. The van der Waals surface area contributed by atoms with Crippen LogP contribution in [0.5, 0.6) is 5.75 Å². The van der Waals surface area contributed by atoms with Crippen molar-refractivity contribution in [2.45, 2.75) is 6.54 Å². The molecule has 0 saturated heterocycles. The van der Waals surface area contributed by atoms with Crippen molar-refractivity contribution in [3.05, 3.63) is 90.3 Å². The Balaban J connectivity index is 1.67. The Morgan fingerprint density at radius 1 is 1.00 bits per heavy atom. The minimum Gasteiger partial charge on any atom is -0.497 e. The van der Waals surface area contributed by atoms with Gasteiger partial charge in [0.2, 0.25) is 0 Å². The normalized spacial score (nSPS) is 11.3. The Hall–Kier alpha value is -3.40. The van der Waals surface area contributed by atoms with Gasteiger partial charge in [-0.05, 0) is 42.0 Å². The third kappa shape index (κ3) is 3.35. The Morgan fingerprint density at radius 2 is 1.81 bits per heavy atom.